The van der Waals surface area contributed by atoms with Gasteiger partial charge in [0, 0.05) is 4.88 Å². The molecule has 0 saturated carbocycles. The first-order chi connectivity index (χ1) is 25.6. The molecule has 52 heavy (non-hydrogen) atoms. The predicted octanol–water partition coefficient (Wildman–Crippen LogP) is 12.3. The van der Waals surface area contributed by atoms with Crippen molar-refractivity contribution in [2.45, 2.75) is 20.3 Å². The van der Waals surface area contributed by atoms with E-state index >= 15 is 0 Å². The van der Waals surface area contributed by atoms with Gasteiger partial charge in [-0.2, -0.15) is 0 Å². The number of hydrogen-bond donors (Lipinski definition) is 0. The zero-order chi connectivity index (χ0) is 35.8. The zero-order valence-electron chi connectivity index (χ0n) is 29.1. The van der Waals surface area contributed by atoms with Gasteiger partial charge >= 0.3 is 285 Å². The van der Waals surface area contributed by atoms with Gasteiger partial charge in [0.2, 0.25) is 0 Å². The Hall–Kier alpha value is -3.73. The summed E-state index contributed by atoms with van der Waals surface area (Å²) in [6.07, 6.45) is 14.6. The maximum Gasteiger partial charge on any atom is -0.135 e. The van der Waals surface area contributed by atoms with Crippen molar-refractivity contribution in [2.24, 2.45) is 0 Å². The molecular formula is C46H39OOsPS3+. The number of rotatable bonds is 11. The van der Waals surface area contributed by atoms with Gasteiger partial charge in [-0.3, -0.25) is 0 Å². The molecule has 1 aliphatic rings. The molecule has 0 atom stereocenters. The van der Waals surface area contributed by atoms with Gasteiger partial charge in [0.05, 0.1) is 0 Å². The van der Waals surface area contributed by atoms with Crippen LogP contribution in [0.25, 0.3) is 31.7 Å². The average Bonchev–Trinajstić information content (AvgIpc) is 4.03. The van der Waals surface area contributed by atoms with Crippen molar-refractivity contribution < 1.29 is 22.7 Å². The van der Waals surface area contributed by atoms with Crippen LogP contribution in [0.15, 0.2) is 174 Å². The molecule has 0 bridgehead atoms. The van der Waals surface area contributed by atoms with E-state index in [2.05, 4.69) is 182 Å². The van der Waals surface area contributed by atoms with Crippen LogP contribution in [0.3, 0.4) is 0 Å². The molecule has 6 heteroatoms. The molecule has 0 N–H and O–H groups in total. The van der Waals surface area contributed by atoms with Crippen LogP contribution in [0.2, 0.25) is 0 Å². The fraction of sp³-hybridized carbons (Fsp3) is 0.109. The smallest absolute Gasteiger partial charge is 0.135 e. The van der Waals surface area contributed by atoms with E-state index in [-0.39, 0.29) is 0 Å². The van der Waals surface area contributed by atoms with Gasteiger partial charge in [-0.15, -0.1) is 11.3 Å². The Bertz CT molecular complexity index is 2230. The van der Waals surface area contributed by atoms with E-state index in [0.29, 0.717) is 13.2 Å². The van der Waals surface area contributed by atoms with Crippen molar-refractivity contribution in [1.29, 1.82) is 0 Å². The molecular weight excluding hydrogens is 886 g/mol. The average molecular weight is 925 g/mol. The van der Waals surface area contributed by atoms with Crippen LogP contribution in [-0.2, 0) is 22.7 Å². The van der Waals surface area contributed by atoms with Gasteiger partial charge in [-0.25, -0.2) is 0 Å². The minimum Gasteiger partial charge on any atom is -0.135 e. The van der Waals surface area contributed by atoms with Gasteiger partial charge < -0.3 is 0 Å². The van der Waals surface area contributed by atoms with Crippen LogP contribution < -0.4 is 15.9 Å². The summed E-state index contributed by atoms with van der Waals surface area (Å²) in [5.41, 5.74) is 3.70. The van der Waals surface area contributed by atoms with E-state index < -0.39 is 7.26 Å². The van der Waals surface area contributed by atoms with Crippen molar-refractivity contribution in [3.63, 3.8) is 0 Å². The molecule has 3 aromatic carbocycles. The van der Waals surface area contributed by atoms with Crippen molar-refractivity contribution in [2.75, 3.05) is 13.2 Å². The second kappa shape index (κ2) is 17.4. The van der Waals surface area contributed by atoms with Crippen LogP contribution in [0.1, 0.15) is 30.0 Å². The summed E-state index contributed by atoms with van der Waals surface area (Å²) >= 11 is 7.38. The fourth-order valence-corrected chi connectivity index (χ4v) is 15.5. The first-order valence-corrected chi connectivity index (χ1v) is 22.9. The maximum atomic E-state index is 6.05. The molecule has 0 unspecified atom stereocenters. The molecule has 4 heterocycles. The second-order valence-electron chi connectivity index (χ2n) is 12.3. The Morgan fingerprint density at radius 1 is 0.654 bits per heavy atom. The van der Waals surface area contributed by atoms with E-state index in [1.807, 2.05) is 52.0 Å². The van der Waals surface area contributed by atoms with Crippen LogP contribution >= 0.6 is 41.3 Å². The van der Waals surface area contributed by atoms with E-state index in [1.165, 1.54) is 67.2 Å². The Balaban J connectivity index is 1.38. The maximum absolute atomic E-state index is 6.05. The molecule has 0 spiro atoms. The van der Waals surface area contributed by atoms with E-state index in [1.54, 1.807) is 0 Å². The second-order valence-corrected chi connectivity index (χ2v) is 19.6. The summed E-state index contributed by atoms with van der Waals surface area (Å²) in [5, 5.41) is 5.17. The minimum absolute atomic E-state index is 0.611. The van der Waals surface area contributed by atoms with E-state index in [0.717, 1.165) is 6.42 Å². The van der Waals surface area contributed by atoms with E-state index in [9.17, 15) is 0 Å². The number of thiophene rings is 3. The number of hydrogen-bond acceptors (Lipinski definition) is 4. The first kappa shape index (κ1) is 36.6. The van der Waals surface area contributed by atoms with Crippen LogP contribution in [0.4, 0.5) is 0 Å². The monoisotopic (exact) mass is 926 g/mol. The van der Waals surface area contributed by atoms with Gasteiger partial charge in [0.15, 0.2) is 0 Å². The van der Waals surface area contributed by atoms with Gasteiger partial charge in [-0.1, -0.05) is 6.08 Å². The fourth-order valence-electron chi connectivity index (χ4n) is 6.59. The molecule has 1 fully saturated rings. The molecule has 1 aliphatic heterocycles. The van der Waals surface area contributed by atoms with Crippen molar-refractivity contribution in [3.05, 3.63) is 183 Å². The van der Waals surface area contributed by atoms with Crippen LogP contribution in [0.5, 0.6) is 0 Å². The summed E-state index contributed by atoms with van der Waals surface area (Å²) < 4.78 is 9.90. The molecule has 0 amide bonds. The molecule has 259 valence electrons. The third-order valence-electron chi connectivity index (χ3n) is 8.93. The summed E-state index contributed by atoms with van der Waals surface area (Å²) in [6, 6.07) is 46.7. The molecule has 1 saturated heterocycles. The molecule has 1 nitrogen and oxygen atoms in total. The number of allylic oxidation sites excluding steroid dienone is 6. The summed E-state index contributed by atoms with van der Waals surface area (Å²) in [4.78, 5) is 7.73. The summed E-state index contributed by atoms with van der Waals surface area (Å²) in [5.74, 6) is 0. The predicted molar refractivity (Wildman–Crippen MR) is 228 cm³/mol. The molecule has 0 radical (unpaired) electrons. The summed E-state index contributed by atoms with van der Waals surface area (Å²) in [7, 11) is -2.38. The number of ether oxygens (including phenoxy) is 1. The Morgan fingerprint density at radius 2 is 1.13 bits per heavy atom. The SMILES string of the molecule is C/C=C/c1ccc(-c2ccc(-c3ccc(/C=C/C(C=C4COCC4=CCC)=C([C]#[Os])[P+](c4ccccc4)(c4ccccc4)c4ccccc4)s3)s2)s1. The van der Waals surface area contributed by atoms with E-state index in [4.69, 9.17) is 4.74 Å². The Kier molecular flexibility index (Phi) is 12.2. The van der Waals surface area contributed by atoms with Crippen molar-refractivity contribution in [1.82, 2.24) is 0 Å². The third-order valence-corrected chi connectivity index (χ3v) is 17.9. The molecule has 6 aromatic rings. The Labute approximate surface area is 330 Å². The van der Waals surface area contributed by atoms with Crippen molar-refractivity contribution >= 4 is 69.3 Å². The molecule has 3 aromatic heterocycles. The van der Waals surface area contributed by atoms with Gasteiger partial charge in [0.25, 0.3) is 0 Å². The van der Waals surface area contributed by atoms with Crippen LogP contribution in [-0.4, -0.2) is 13.2 Å². The van der Waals surface area contributed by atoms with Crippen molar-refractivity contribution in [3.8, 4) is 23.9 Å². The Morgan fingerprint density at radius 3 is 1.63 bits per heavy atom. The molecule has 7 rings (SSSR count). The largest absolute Gasteiger partial charge is 0.135 e. The summed E-state index contributed by atoms with van der Waals surface area (Å²) in [6.45, 7) is 5.53. The third kappa shape index (κ3) is 7.80. The zero-order valence-corrected chi connectivity index (χ0v) is 35.0. The molecule has 0 aliphatic carbocycles. The minimum atomic E-state index is -2.38. The quantitative estimate of drug-likeness (QED) is 0.0929. The first-order valence-electron chi connectivity index (χ1n) is 17.4. The van der Waals surface area contributed by atoms with Crippen LogP contribution in [0, 0.1) is 4.37 Å². The topological polar surface area (TPSA) is 9.23 Å². The normalized spacial score (nSPS) is 15.6. The number of benzene rings is 3. The standard InChI is InChI=1S/C46H39OPS3.Os/c1-4-15-36-32-47-33-37(36)31-35(23-24-42-26-28-44(50-42)46-30-29-45(51-46)43-27-25-41(49-43)16-5-2)34(3)48(38-17-9-6-10-18-38,39-19-11-7-12-20-39)40-21-13-8-14-22-40;/h5-31H,4,32-33H2,1-2H3;/q+1;/b16-5+,24-23+,35-34?,36-15?,37-31?;. The van der Waals surface area contributed by atoms with Gasteiger partial charge in [-0.05, 0) is 25.1 Å². The van der Waals surface area contributed by atoms with Gasteiger partial charge in [0.1, 0.15) is 0 Å².